The van der Waals surface area contributed by atoms with Crippen molar-refractivity contribution in [2.45, 2.75) is 38.5 Å². The SMILES string of the molecule is CC(=O)N[C@@H](Cc1cccc(F)c1)C(=O)N[C@@H](CC(=O)OCc1ccccc1)C(=O)O. The lowest BCUT2D eigenvalue weighted by atomic mass is 10.0. The number of hydrogen-bond donors (Lipinski definition) is 3. The number of halogens is 1. The molecule has 0 unspecified atom stereocenters. The van der Waals surface area contributed by atoms with E-state index in [1.807, 2.05) is 0 Å². The largest absolute Gasteiger partial charge is 0.480 e. The van der Waals surface area contributed by atoms with E-state index in [-0.39, 0.29) is 13.0 Å². The van der Waals surface area contributed by atoms with Crippen molar-refractivity contribution < 1.29 is 33.4 Å². The highest BCUT2D eigenvalue weighted by Gasteiger charge is 2.28. The number of aliphatic carboxylic acids is 1. The van der Waals surface area contributed by atoms with Gasteiger partial charge >= 0.3 is 11.9 Å². The van der Waals surface area contributed by atoms with Crippen LogP contribution in [0.3, 0.4) is 0 Å². The van der Waals surface area contributed by atoms with Crippen LogP contribution in [0.4, 0.5) is 4.39 Å². The highest BCUT2D eigenvalue weighted by molar-refractivity contribution is 5.91. The summed E-state index contributed by atoms with van der Waals surface area (Å²) in [6.45, 7) is 1.16. The van der Waals surface area contributed by atoms with E-state index in [0.717, 1.165) is 5.56 Å². The maximum atomic E-state index is 13.4. The van der Waals surface area contributed by atoms with Crippen LogP contribution in [0.1, 0.15) is 24.5 Å². The Kier molecular flexibility index (Phi) is 8.68. The lowest BCUT2D eigenvalue weighted by Crippen LogP contribution is -2.52. The summed E-state index contributed by atoms with van der Waals surface area (Å²) in [5.74, 6) is -4.09. The summed E-state index contributed by atoms with van der Waals surface area (Å²) in [7, 11) is 0. The average molecular weight is 430 g/mol. The minimum absolute atomic E-state index is 0.0337. The molecular formula is C22H23FN2O6. The van der Waals surface area contributed by atoms with Gasteiger partial charge in [0, 0.05) is 13.3 Å². The Balaban J connectivity index is 2.00. The van der Waals surface area contributed by atoms with E-state index in [1.54, 1.807) is 36.4 Å². The van der Waals surface area contributed by atoms with E-state index in [1.165, 1.54) is 25.1 Å². The van der Waals surface area contributed by atoms with Crippen LogP contribution in [0.15, 0.2) is 54.6 Å². The molecule has 0 saturated carbocycles. The topological polar surface area (TPSA) is 122 Å². The van der Waals surface area contributed by atoms with Crippen LogP contribution in [0, 0.1) is 5.82 Å². The predicted octanol–water partition coefficient (Wildman–Crippen LogP) is 1.58. The van der Waals surface area contributed by atoms with Crippen molar-refractivity contribution in [3.8, 4) is 0 Å². The second-order valence-corrected chi connectivity index (χ2v) is 6.84. The number of ether oxygens (including phenoxy) is 1. The number of carboxylic acids is 1. The van der Waals surface area contributed by atoms with Crippen LogP contribution in [0.5, 0.6) is 0 Å². The molecule has 2 aromatic rings. The van der Waals surface area contributed by atoms with E-state index in [2.05, 4.69) is 10.6 Å². The van der Waals surface area contributed by atoms with E-state index in [9.17, 15) is 28.7 Å². The number of hydrogen-bond acceptors (Lipinski definition) is 5. The molecule has 2 atom stereocenters. The predicted molar refractivity (Wildman–Crippen MR) is 108 cm³/mol. The third-order valence-electron chi connectivity index (χ3n) is 4.25. The number of carbonyl (C=O) groups excluding carboxylic acids is 3. The summed E-state index contributed by atoms with van der Waals surface area (Å²) < 4.78 is 18.5. The Bertz CT molecular complexity index is 935. The van der Waals surface area contributed by atoms with Crippen LogP contribution in [-0.2, 0) is 36.9 Å². The Morgan fingerprint density at radius 1 is 0.968 bits per heavy atom. The van der Waals surface area contributed by atoms with Gasteiger partial charge in [-0.05, 0) is 23.3 Å². The molecule has 0 aromatic heterocycles. The zero-order chi connectivity index (χ0) is 22.8. The summed E-state index contributed by atoms with van der Waals surface area (Å²) in [6, 6.07) is 11.6. The van der Waals surface area contributed by atoms with Crippen LogP contribution in [-0.4, -0.2) is 40.9 Å². The summed E-state index contributed by atoms with van der Waals surface area (Å²) in [4.78, 5) is 47.7. The molecule has 8 nitrogen and oxygen atoms in total. The Labute approximate surface area is 178 Å². The lowest BCUT2D eigenvalue weighted by molar-refractivity contribution is -0.151. The summed E-state index contributed by atoms with van der Waals surface area (Å²) in [6.07, 6.45) is -0.658. The van der Waals surface area contributed by atoms with E-state index in [0.29, 0.717) is 5.56 Å². The normalized spacial score (nSPS) is 12.3. The molecule has 3 N–H and O–H groups in total. The van der Waals surface area contributed by atoms with Crippen molar-refractivity contribution in [2.24, 2.45) is 0 Å². The van der Waals surface area contributed by atoms with Gasteiger partial charge in [-0.3, -0.25) is 14.4 Å². The van der Waals surface area contributed by atoms with Gasteiger partial charge in [0.1, 0.15) is 24.5 Å². The van der Waals surface area contributed by atoms with Crippen molar-refractivity contribution in [1.29, 1.82) is 0 Å². The number of carbonyl (C=O) groups is 4. The van der Waals surface area contributed by atoms with Gasteiger partial charge in [0.15, 0.2) is 0 Å². The first kappa shape index (κ1) is 23.5. The maximum absolute atomic E-state index is 13.4. The minimum Gasteiger partial charge on any atom is -0.480 e. The fourth-order valence-electron chi connectivity index (χ4n) is 2.79. The zero-order valence-corrected chi connectivity index (χ0v) is 16.8. The first-order valence-electron chi connectivity index (χ1n) is 9.49. The maximum Gasteiger partial charge on any atom is 0.326 e. The molecule has 0 radical (unpaired) electrons. The Morgan fingerprint density at radius 3 is 2.26 bits per heavy atom. The smallest absolute Gasteiger partial charge is 0.326 e. The molecule has 2 aromatic carbocycles. The van der Waals surface area contributed by atoms with Crippen molar-refractivity contribution >= 4 is 23.8 Å². The van der Waals surface area contributed by atoms with Crippen molar-refractivity contribution in [3.05, 3.63) is 71.5 Å². The number of rotatable bonds is 10. The number of nitrogens with one attached hydrogen (secondary N) is 2. The molecule has 9 heteroatoms. The summed E-state index contributed by atoms with van der Waals surface area (Å²) >= 11 is 0. The molecule has 0 heterocycles. The fourth-order valence-corrected chi connectivity index (χ4v) is 2.79. The highest BCUT2D eigenvalue weighted by atomic mass is 19.1. The third kappa shape index (κ3) is 8.25. The first-order chi connectivity index (χ1) is 14.7. The second-order valence-electron chi connectivity index (χ2n) is 6.84. The van der Waals surface area contributed by atoms with Crippen LogP contribution in [0.25, 0.3) is 0 Å². The van der Waals surface area contributed by atoms with E-state index >= 15 is 0 Å². The number of esters is 1. The monoisotopic (exact) mass is 430 g/mol. The van der Waals surface area contributed by atoms with Crippen molar-refractivity contribution in [1.82, 2.24) is 10.6 Å². The molecule has 164 valence electrons. The Morgan fingerprint density at radius 2 is 1.65 bits per heavy atom. The number of amides is 2. The van der Waals surface area contributed by atoms with Crippen LogP contribution < -0.4 is 10.6 Å². The van der Waals surface area contributed by atoms with Crippen molar-refractivity contribution in [3.63, 3.8) is 0 Å². The minimum atomic E-state index is -1.56. The van der Waals surface area contributed by atoms with E-state index in [4.69, 9.17) is 4.74 Å². The van der Waals surface area contributed by atoms with Gasteiger partial charge in [0.2, 0.25) is 11.8 Å². The number of benzene rings is 2. The molecule has 0 aliphatic rings. The molecule has 0 fully saturated rings. The van der Waals surface area contributed by atoms with Crippen LogP contribution >= 0.6 is 0 Å². The van der Waals surface area contributed by atoms with Gasteiger partial charge in [0.05, 0.1) is 6.42 Å². The second kappa shape index (κ2) is 11.4. The molecule has 0 aliphatic carbocycles. The van der Waals surface area contributed by atoms with Gasteiger partial charge in [-0.2, -0.15) is 0 Å². The number of carboxylic acid groups (broad SMARTS) is 1. The van der Waals surface area contributed by atoms with Gasteiger partial charge in [-0.25, -0.2) is 9.18 Å². The van der Waals surface area contributed by atoms with E-state index < -0.39 is 48.1 Å². The summed E-state index contributed by atoms with van der Waals surface area (Å²) in [5.41, 5.74) is 1.16. The standard InChI is InChI=1S/C22H23FN2O6/c1-14(26)24-18(11-16-8-5-9-17(23)10-16)21(28)25-19(22(29)30)12-20(27)31-13-15-6-3-2-4-7-15/h2-10,18-19H,11-13H2,1H3,(H,24,26)(H,25,28)(H,29,30)/t18-,19-/m0/s1. The van der Waals surface area contributed by atoms with Crippen LogP contribution in [0.2, 0.25) is 0 Å². The van der Waals surface area contributed by atoms with Gasteiger partial charge in [-0.15, -0.1) is 0 Å². The average Bonchev–Trinajstić information content (AvgIpc) is 2.71. The van der Waals surface area contributed by atoms with Gasteiger partial charge in [0.25, 0.3) is 0 Å². The molecule has 0 spiro atoms. The highest BCUT2D eigenvalue weighted by Crippen LogP contribution is 2.08. The quantitative estimate of drug-likeness (QED) is 0.492. The molecule has 2 rings (SSSR count). The van der Waals surface area contributed by atoms with Crippen molar-refractivity contribution in [2.75, 3.05) is 0 Å². The first-order valence-corrected chi connectivity index (χ1v) is 9.49. The Hall–Kier alpha value is -3.75. The zero-order valence-electron chi connectivity index (χ0n) is 16.8. The third-order valence-corrected chi connectivity index (χ3v) is 4.25. The van der Waals surface area contributed by atoms with Gasteiger partial charge in [-0.1, -0.05) is 42.5 Å². The fraction of sp³-hybridized carbons (Fsp3) is 0.273. The molecule has 0 bridgehead atoms. The molecule has 2 amide bonds. The van der Waals surface area contributed by atoms with Gasteiger partial charge < -0.3 is 20.5 Å². The molecule has 0 aliphatic heterocycles. The lowest BCUT2D eigenvalue weighted by Gasteiger charge is -2.21. The molecule has 31 heavy (non-hydrogen) atoms. The molecular weight excluding hydrogens is 407 g/mol. The summed E-state index contributed by atoms with van der Waals surface area (Å²) in [5, 5.41) is 14.0. The molecule has 0 saturated heterocycles.